The summed E-state index contributed by atoms with van der Waals surface area (Å²) in [5.41, 5.74) is -0.256. The fraction of sp³-hybridized carbons (Fsp3) is 0.417. The number of nitrogens with zero attached hydrogens (tertiary/aromatic N) is 1. The van der Waals surface area contributed by atoms with E-state index in [-0.39, 0.29) is 23.1 Å². The van der Waals surface area contributed by atoms with Gasteiger partial charge in [-0.2, -0.15) is 0 Å². The molecule has 0 saturated heterocycles. The van der Waals surface area contributed by atoms with Gasteiger partial charge >= 0.3 is 11.7 Å². The van der Waals surface area contributed by atoms with Gasteiger partial charge in [0.25, 0.3) is 0 Å². The van der Waals surface area contributed by atoms with E-state index in [2.05, 4.69) is 5.32 Å². The summed E-state index contributed by atoms with van der Waals surface area (Å²) in [6.45, 7) is 2.18. The van der Waals surface area contributed by atoms with Crippen molar-refractivity contribution in [3.63, 3.8) is 0 Å². The van der Waals surface area contributed by atoms with Crippen LogP contribution in [0.15, 0.2) is 18.2 Å². The predicted octanol–water partition coefficient (Wildman–Crippen LogP) is 2.08. The summed E-state index contributed by atoms with van der Waals surface area (Å²) in [5.74, 6) is -1.13. The van der Waals surface area contributed by atoms with Crippen molar-refractivity contribution in [1.29, 1.82) is 0 Å². The zero-order chi connectivity index (χ0) is 15.1. The Hall–Kier alpha value is -1.86. The van der Waals surface area contributed by atoms with Gasteiger partial charge in [0.15, 0.2) is 5.75 Å². The van der Waals surface area contributed by atoms with E-state index in [0.29, 0.717) is 6.54 Å². The van der Waals surface area contributed by atoms with E-state index >= 15 is 0 Å². The lowest BCUT2D eigenvalue weighted by atomic mass is 10.3. The average molecular weight is 303 g/mol. The molecule has 1 aromatic rings. The van der Waals surface area contributed by atoms with Crippen LogP contribution < -0.4 is 10.1 Å². The summed E-state index contributed by atoms with van der Waals surface area (Å²) in [6, 6.07) is 2.94. The molecule has 0 aliphatic rings. The molecule has 0 aliphatic heterocycles. The molecule has 0 aromatic heterocycles. The molecule has 0 radical (unpaired) electrons. The van der Waals surface area contributed by atoms with Gasteiger partial charge in [-0.1, -0.05) is 18.5 Å². The zero-order valence-electron chi connectivity index (χ0n) is 10.8. The molecule has 0 fully saturated rings. The van der Waals surface area contributed by atoms with Gasteiger partial charge in [0.2, 0.25) is 0 Å². The SMILES string of the molecule is CCCNC(COc1cc(Cl)ccc1[N+](=O)[O-])C(=O)O. The highest BCUT2D eigenvalue weighted by molar-refractivity contribution is 6.30. The number of carbonyl (C=O) groups is 1. The van der Waals surface area contributed by atoms with E-state index < -0.39 is 16.9 Å². The largest absolute Gasteiger partial charge is 0.484 e. The Bertz CT molecular complexity index is 495. The van der Waals surface area contributed by atoms with Crippen LogP contribution in [0.2, 0.25) is 5.02 Å². The number of carboxylic acids is 1. The molecule has 0 bridgehead atoms. The number of hydrogen-bond acceptors (Lipinski definition) is 5. The molecular weight excluding hydrogens is 288 g/mol. The van der Waals surface area contributed by atoms with Crippen LogP contribution in [-0.2, 0) is 4.79 Å². The monoisotopic (exact) mass is 302 g/mol. The van der Waals surface area contributed by atoms with Crippen molar-refractivity contribution in [1.82, 2.24) is 5.32 Å². The number of benzene rings is 1. The first-order valence-electron chi connectivity index (χ1n) is 5.98. The molecule has 1 aromatic carbocycles. The Balaban J connectivity index is 2.79. The van der Waals surface area contributed by atoms with Gasteiger partial charge in [-0.05, 0) is 19.0 Å². The first-order valence-corrected chi connectivity index (χ1v) is 6.36. The number of nitrogens with one attached hydrogen (secondary N) is 1. The summed E-state index contributed by atoms with van der Waals surface area (Å²) in [7, 11) is 0. The van der Waals surface area contributed by atoms with E-state index in [9.17, 15) is 14.9 Å². The molecule has 0 aliphatic carbocycles. The minimum atomic E-state index is -1.08. The van der Waals surface area contributed by atoms with Crippen molar-refractivity contribution in [2.75, 3.05) is 13.2 Å². The van der Waals surface area contributed by atoms with E-state index in [1.165, 1.54) is 18.2 Å². The van der Waals surface area contributed by atoms with Crippen LogP contribution >= 0.6 is 11.6 Å². The second kappa shape index (κ2) is 7.66. The number of ether oxygens (including phenoxy) is 1. The first-order chi connectivity index (χ1) is 9.45. The molecule has 2 N–H and O–H groups in total. The molecular formula is C12H15ClN2O5. The van der Waals surface area contributed by atoms with Crippen molar-refractivity contribution < 1.29 is 19.6 Å². The normalized spacial score (nSPS) is 11.9. The van der Waals surface area contributed by atoms with Crippen LogP contribution in [-0.4, -0.2) is 35.2 Å². The van der Waals surface area contributed by atoms with Crippen molar-refractivity contribution >= 4 is 23.3 Å². The molecule has 0 heterocycles. The van der Waals surface area contributed by atoms with Gasteiger partial charge in [0, 0.05) is 17.2 Å². The van der Waals surface area contributed by atoms with Gasteiger partial charge in [-0.3, -0.25) is 14.9 Å². The predicted molar refractivity (Wildman–Crippen MR) is 73.3 cm³/mol. The lowest BCUT2D eigenvalue weighted by Gasteiger charge is -2.15. The van der Waals surface area contributed by atoms with Gasteiger partial charge < -0.3 is 15.2 Å². The molecule has 7 nitrogen and oxygen atoms in total. The van der Waals surface area contributed by atoms with Crippen LogP contribution in [0.1, 0.15) is 13.3 Å². The second-order valence-electron chi connectivity index (χ2n) is 4.03. The molecule has 1 atom stereocenters. The van der Waals surface area contributed by atoms with Crippen LogP contribution in [0.5, 0.6) is 5.75 Å². The fourth-order valence-corrected chi connectivity index (χ4v) is 1.63. The molecule has 20 heavy (non-hydrogen) atoms. The molecule has 0 amide bonds. The number of hydrogen-bond donors (Lipinski definition) is 2. The number of nitro groups is 1. The summed E-state index contributed by atoms with van der Waals surface area (Å²) in [4.78, 5) is 21.2. The molecule has 1 rings (SSSR count). The third-order valence-corrected chi connectivity index (χ3v) is 2.70. The van der Waals surface area contributed by atoms with Crippen molar-refractivity contribution in [2.45, 2.75) is 19.4 Å². The Kier molecular flexibility index (Phi) is 6.20. The highest BCUT2D eigenvalue weighted by Crippen LogP contribution is 2.29. The van der Waals surface area contributed by atoms with Crippen LogP contribution in [0.4, 0.5) is 5.69 Å². The number of carboxylic acid groups (broad SMARTS) is 1. The van der Waals surface area contributed by atoms with Gasteiger partial charge in [0.05, 0.1) is 4.92 Å². The van der Waals surface area contributed by atoms with Gasteiger partial charge in [-0.25, -0.2) is 0 Å². The third kappa shape index (κ3) is 4.67. The van der Waals surface area contributed by atoms with E-state index in [4.69, 9.17) is 21.4 Å². The molecule has 110 valence electrons. The highest BCUT2D eigenvalue weighted by Gasteiger charge is 2.21. The molecule has 0 saturated carbocycles. The maximum atomic E-state index is 11.0. The standard InChI is InChI=1S/C12H15ClN2O5/c1-2-5-14-9(12(16)17)7-20-11-6-8(13)3-4-10(11)15(18)19/h3-4,6,9,14H,2,5,7H2,1H3,(H,16,17). The minimum Gasteiger partial charge on any atom is -0.484 e. The van der Waals surface area contributed by atoms with Gasteiger partial charge in [-0.15, -0.1) is 0 Å². The maximum Gasteiger partial charge on any atom is 0.324 e. The summed E-state index contributed by atoms with van der Waals surface area (Å²) < 4.78 is 5.23. The Morgan fingerprint density at radius 2 is 2.30 bits per heavy atom. The Morgan fingerprint density at radius 1 is 1.60 bits per heavy atom. The van der Waals surface area contributed by atoms with E-state index in [0.717, 1.165) is 6.42 Å². The van der Waals surface area contributed by atoms with Crippen LogP contribution in [0, 0.1) is 10.1 Å². The fourth-order valence-electron chi connectivity index (χ4n) is 1.46. The number of rotatable bonds is 8. The van der Waals surface area contributed by atoms with Crippen molar-refractivity contribution in [2.24, 2.45) is 0 Å². The van der Waals surface area contributed by atoms with Crippen LogP contribution in [0.3, 0.4) is 0 Å². The third-order valence-electron chi connectivity index (χ3n) is 2.46. The highest BCUT2D eigenvalue weighted by atomic mass is 35.5. The topological polar surface area (TPSA) is 102 Å². The van der Waals surface area contributed by atoms with Gasteiger partial charge in [0.1, 0.15) is 12.6 Å². The number of halogens is 1. The van der Waals surface area contributed by atoms with E-state index in [1.54, 1.807) is 0 Å². The van der Waals surface area contributed by atoms with Crippen molar-refractivity contribution in [3.05, 3.63) is 33.3 Å². The quantitative estimate of drug-likeness (QED) is 0.563. The number of nitro benzene ring substituents is 1. The Morgan fingerprint density at radius 3 is 2.85 bits per heavy atom. The molecule has 1 unspecified atom stereocenters. The van der Waals surface area contributed by atoms with E-state index in [1.807, 2.05) is 6.92 Å². The minimum absolute atomic E-state index is 0.0490. The zero-order valence-corrected chi connectivity index (χ0v) is 11.6. The number of aliphatic carboxylic acids is 1. The van der Waals surface area contributed by atoms with Crippen molar-refractivity contribution in [3.8, 4) is 5.75 Å². The first kappa shape index (κ1) is 16.2. The smallest absolute Gasteiger partial charge is 0.324 e. The second-order valence-corrected chi connectivity index (χ2v) is 4.46. The molecule has 0 spiro atoms. The van der Waals surface area contributed by atoms with Crippen LogP contribution in [0.25, 0.3) is 0 Å². The lowest BCUT2D eigenvalue weighted by molar-refractivity contribution is -0.385. The lowest BCUT2D eigenvalue weighted by Crippen LogP contribution is -2.41. The summed E-state index contributed by atoms with van der Waals surface area (Å²) in [5, 5.41) is 22.9. The maximum absolute atomic E-state index is 11.0. The average Bonchev–Trinajstić information content (AvgIpc) is 2.38. The molecule has 8 heteroatoms. The Labute approximate surface area is 120 Å². The summed E-state index contributed by atoms with van der Waals surface area (Å²) in [6.07, 6.45) is 0.765. The summed E-state index contributed by atoms with van der Waals surface area (Å²) >= 11 is 5.75.